The number of carbonyl (C=O) groups is 1. The molecule has 3 heteroatoms. The second kappa shape index (κ2) is 6.43. The van der Waals surface area contributed by atoms with E-state index in [-0.39, 0.29) is 13.3 Å². The van der Waals surface area contributed by atoms with E-state index in [0.29, 0.717) is 6.67 Å². The normalized spacial score (nSPS) is 7.25. The number of hydrogen-bond acceptors (Lipinski definition) is 2. The first-order chi connectivity index (χ1) is 3.27. The van der Waals surface area contributed by atoms with Crippen molar-refractivity contribution in [1.82, 2.24) is 10.6 Å². The number of amides is 1. The van der Waals surface area contributed by atoms with Gasteiger partial charge in [-0.05, 0) is 7.05 Å². The first-order valence-electron chi connectivity index (χ1n) is 2.16. The number of hydrogen-bond donors (Lipinski definition) is 2. The summed E-state index contributed by atoms with van der Waals surface area (Å²) in [6, 6.07) is 0. The van der Waals surface area contributed by atoms with E-state index in [4.69, 9.17) is 0 Å². The molecular weight excluding hydrogens is 104 g/mol. The Morgan fingerprint density at radius 3 is 2.25 bits per heavy atom. The second-order valence-corrected chi connectivity index (χ2v) is 1.26. The van der Waals surface area contributed by atoms with Gasteiger partial charge in [0.2, 0.25) is 5.91 Å². The average molecular weight is 118 g/mol. The highest BCUT2D eigenvalue weighted by Crippen LogP contribution is 1.52. The summed E-state index contributed by atoms with van der Waals surface area (Å²) in [7, 11) is 1.77. The van der Waals surface area contributed by atoms with E-state index in [9.17, 15) is 4.79 Å². The summed E-state index contributed by atoms with van der Waals surface area (Å²) in [4.78, 5) is 10.1. The van der Waals surface area contributed by atoms with Gasteiger partial charge >= 0.3 is 0 Å². The van der Waals surface area contributed by atoms with E-state index in [1.165, 1.54) is 6.92 Å². The molecule has 0 saturated carbocycles. The molecule has 0 aromatic carbocycles. The summed E-state index contributed by atoms with van der Waals surface area (Å²) >= 11 is 0. The molecule has 0 radical (unpaired) electrons. The van der Waals surface area contributed by atoms with Crippen molar-refractivity contribution in [1.29, 1.82) is 0 Å². The highest BCUT2D eigenvalue weighted by Gasteiger charge is 1.82. The van der Waals surface area contributed by atoms with Crippen molar-refractivity contribution in [2.24, 2.45) is 0 Å². The lowest BCUT2D eigenvalue weighted by Crippen LogP contribution is -2.29. The lowest BCUT2D eigenvalue weighted by atomic mass is 10.7. The van der Waals surface area contributed by atoms with Crippen molar-refractivity contribution in [2.45, 2.75) is 14.4 Å². The van der Waals surface area contributed by atoms with Crippen molar-refractivity contribution in [3.8, 4) is 0 Å². The fraction of sp³-hybridized carbons (Fsp3) is 0.800. The third kappa shape index (κ3) is 9.06. The Bertz CT molecular complexity index is 63.4. The van der Waals surface area contributed by atoms with Crippen LogP contribution in [0.15, 0.2) is 0 Å². The summed E-state index contributed by atoms with van der Waals surface area (Å²) in [5.74, 6) is -0.00523. The summed E-state index contributed by atoms with van der Waals surface area (Å²) in [5.41, 5.74) is 0. The molecule has 0 saturated heterocycles. The van der Waals surface area contributed by atoms with Crippen molar-refractivity contribution >= 4 is 5.91 Å². The Labute approximate surface area is 50.5 Å². The fourth-order valence-corrected chi connectivity index (χ4v) is 0.213. The molecule has 0 bridgehead atoms. The SMILES string of the molecule is C.CNCNC(C)=O. The lowest BCUT2D eigenvalue weighted by molar-refractivity contribution is -0.119. The smallest absolute Gasteiger partial charge is 0.217 e. The van der Waals surface area contributed by atoms with Gasteiger partial charge in [0.15, 0.2) is 0 Å². The van der Waals surface area contributed by atoms with Crippen LogP contribution in [0.25, 0.3) is 0 Å². The molecule has 0 aromatic heterocycles. The molecule has 0 fully saturated rings. The van der Waals surface area contributed by atoms with Crippen LogP contribution in [0.2, 0.25) is 0 Å². The molecule has 3 nitrogen and oxygen atoms in total. The number of carbonyl (C=O) groups excluding carboxylic acids is 1. The molecule has 0 spiro atoms. The van der Waals surface area contributed by atoms with Crippen LogP contribution in [-0.2, 0) is 4.79 Å². The molecular formula is C5H14N2O. The highest BCUT2D eigenvalue weighted by molar-refractivity contribution is 5.72. The first kappa shape index (κ1) is 10.4. The summed E-state index contributed by atoms with van der Waals surface area (Å²) in [6.45, 7) is 2.03. The minimum Gasteiger partial charge on any atom is -0.344 e. The van der Waals surface area contributed by atoms with Gasteiger partial charge in [0.05, 0.1) is 6.67 Å². The van der Waals surface area contributed by atoms with Crippen molar-refractivity contribution < 1.29 is 4.79 Å². The molecule has 0 atom stereocenters. The highest BCUT2D eigenvalue weighted by atomic mass is 16.1. The van der Waals surface area contributed by atoms with Crippen LogP contribution in [0.4, 0.5) is 0 Å². The van der Waals surface area contributed by atoms with Gasteiger partial charge in [0, 0.05) is 6.92 Å². The maximum Gasteiger partial charge on any atom is 0.217 e. The molecule has 0 aromatic rings. The Kier molecular flexibility index (Phi) is 8.37. The van der Waals surface area contributed by atoms with Crippen molar-refractivity contribution in [3.05, 3.63) is 0 Å². The van der Waals surface area contributed by atoms with Gasteiger partial charge in [-0.15, -0.1) is 0 Å². The third-order valence-corrected chi connectivity index (χ3v) is 0.514. The van der Waals surface area contributed by atoms with E-state index < -0.39 is 0 Å². The van der Waals surface area contributed by atoms with Crippen LogP contribution >= 0.6 is 0 Å². The van der Waals surface area contributed by atoms with Crippen LogP contribution in [0, 0.1) is 0 Å². The zero-order valence-corrected chi connectivity index (χ0v) is 4.62. The Morgan fingerprint density at radius 1 is 1.62 bits per heavy atom. The topological polar surface area (TPSA) is 41.1 Å². The number of rotatable bonds is 2. The van der Waals surface area contributed by atoms with Gasteiger partial charge in [0.25, 0.3) is 0 Å². The van der Waals surface area contributed by atoms with E-state index in [1.807, 2.05) is 0 Å². The summed E-state index contributed by atoms with van der Waals surface area (Å²) in [6.07, 6.45) is 0. The van der Waals surface area contributed by atoms with E-state index in [2.05, 4.69) is 10.6 Å². The Balaban J connectivity index is 0. The standard InChI is InChI=1S/C4H10N2O.CH4/c1-4(7)6-3-5-2;/h5H,3H2,1-2H3,(H,6,7);1H4. The van der Waals surface area contributed by atoms with Crippen molar-refractivity contribution in [2.75, 3.05) is 13.7 Å². The van der Waals surface area contributed by atoms with Gasteiger partial charge in [-0.2, -0.15) is 0 Å². The predicted molar refractivity (Wildman–Crippen MR) is 34.5 cm³/mol. The Hall–Kier alpha value is -0.570. The third-order valence-electron chi connectivity index (χ3n) is 0.514. The minimum atomic E-state index is -0.00523. The maximum atomic E-state index is 10.1. The zero-order valence-electron chi connectivity index (χ0n) is 4.62. The van der Waals surface area contributed by atoms with E-state index >= 15 is 0 Å². The molecule has 0 aliphatic heterocycles. The van der Waals surface area contributed by atoms with Gasteiger partial charge in [-0.1, -0.05) is 7.43 Å². The molecule has 2 N–H and O–H groups in total. The van der Waals surface area contributed by atoms with Gasteiger partial charge < -0.3 is 10.6 Å². The van der Waals surface area contributed by atoms with Crippen LogP contribution < -0.4 is 10.6 Å². The molecule has 0 aliphatic carbocycles. The van der Waals surface area contributed by atoms with E-state index in [1.54, 1.807) is 7.05 Å². The van der Waals surface area contributed by atoms with Gasteiger partial charge in [0.1, 0.15) is 0 Å². The molecule has 8 heavy (non-hydrogen) atoms. The number of nitrogens with one attached hydrogen (secondary N) is 2. The van der Waals surface area contributed by atoms with Crippen LogP contribution in [-0.4, -0.2) is 19.6 Å². The predicted octanol–water partition coefficient (Wildman–Crippen LogP) is -0.0645. The Morgan fingerprint density at radius 2 is 2.12 bits per heavy atom. The van der Waals surface area contributed by atoms with Crippen LogP contribution in [0.5, 0.6) is 0 Å². The molecule has 0 rings (SSSR count). The monoisotopic (exact) mass is 118 g/mol. The molecule has 0 unspecified atom stereocenters. The van der Waals surface area contributed by atoms with Crippen LogP contribution in [0.1, 0.15) is 14.4 Å². The lowest BCUT2D eigenvalue weighted by Gasteiger charge is -1.95. The quantitative estimate of drug-likeness (QED) is 0.498. The largest absolute Gasteiger partial charge is 0.344 e. The molecule has 0 heterocycles. The fourth-order valence-electron chi connectivity index (χ4n) is 0.213. The van der Waals surface area contributed by atoms with Gasteiger partial charge in [-0.25, -0.2) is 0 Å². The van der Waals surface area contributed by atoms with Crippen LogP contribution in [0.3, 0.4) is 0 Å². The summed E-state index contributed by atoms with van der Waals surface area (Å²) in [5, 5.41) is 5.31. The van der Waals surface area contributed by atoms with Crippen molar-refractivity contribution in [3.63, 3.8) is 0 Å². The minimum absolute atomic E-state index is 0. The molecule has 0 aliphatic rings. The zero-order chi connectivity index (χ0) is 5.70. The maximum absolute atomic E-state index is 10.1. The van der Waals surface area contributed by atoms with Gasteiger partial charge in [-0.3, -0.25) is 4.79 Å². The molecule has 1 amide bonds. The molecule has 50 valence electrons. The van der Waals surface area contributed by atoms with E-state index in [0.717, 1.165) is 0 Å². The summed E-state index contributed by atoms with van der Waals surface area (Å²) < 4.78 is 0. The average Bonchev–Trinajstić information content (AvgIpc) is 1.61. The first-order valence-corrected chi connectivity index (χ1v) is 2.16. The second-order valence-electron chi connectivity index (χ2n) is 1.26.